The normalized spacial score (nSPS) is 16.8. The molecule has 0 spiro atoms. The molecule has 0 aromatic carbocycles. The zero-order valence-corrected chi connectivity index (χ0v) is 13.3. The van der Waals surface area contributed by atoms with E-state index in [9.17, 15) is 0 Å². The third-order valence-electron chi connectivity index (χ3n) is 4.20. The number of rotatable bonds is 5. The van der Waals surface area contributed by atoms with Gasteiger partial charge in [0.05, 0.1) is 12.0 Å². The molecule has 0 N–H and O–H groups in total. The molecule has 1 fully saturated rings. The minimum absolute atomic E-state index is 0.218. The molecule has 1 aliphatic heterocycles. The van der Waals surface area contributed by atoms with Crippen molar-refractivity contribution in [1.29, 1.82) is 0 Å². The lowest BCUT2D eigenvalue weighted by atomic mass is 10.1. The van der Waals surface area contributed by atoms with Crippen molar-refractivity contribution in [2.45, 2.75) is 38.8 Å². The fourth-order valence-electron chi connectivity index (χ4n) is 2.69. The van der Waals surface area contributed by atoms with Crippen LogP contribution in [0.4, 0.5) is 0 Å². The van der Waals surface area contributed by atoms with Gasteiger partial charge in [0.1, 0.15) is 6.10 Å². The van der Waals surface area contributed by atoms with Crippen LogP contribution in [-0.2, 0) is 20.0 Å². The van der Waals surface area contributed by atoms with Crippen LogP contribution in [0, 0.1) is 0 Å². The summed E-state index contributed by atoms with van der Waals surface area (Å²) in [5.41, 5.74) is 2.39. The molecule has 6 nitrogen and oxygen atoms in total. The van der Waals surface area contributed by atoms with E-state index >= 15 is 0 Å². The maximum absolute atomic E-state index is 5.90. The molecule has 1 saturated heterocycles. The summed E-state index contributed by atoms with van der Waals surface area (Å²) in [4.78, 5) is 15.2. The lowest BCUT2D eigenvalue weighted by molar-refractivity contribution is 0.0881. The predicted octanol–water partition coefficient (Wildman–Crippen LogP) is 1.82. The van der Waals surface area contributed by atoms with Gasteiger partial charge in [-0.25, -0.2) is 15.0 Å². The zero-order chi connectivity index (χ0) is 15.4. The van der Waals surface area contributed by atoms with Crippen LogP contribution in [-0.4, -0.2) is 43.6 Å². The van der Waals surface area contributed by atoms with Gasteiger partial charge in [0.15, 0.2) is 0 Å². The van der Waals surface area contributed by atoms with Gasteiger partial charge in [0, 0.05) is 45.3 Å². The van der Waals surface area contributed by atoms with Gasteiger partial charge in [0.25, 0.3) is 0 Å². The van der Waals surface area contributed by atoms with E-state index in [1.165, 1.54) is 5.69 Å². The summed E-state index contributed by atoms with van der Waals surface area (Å²) < 4.78 is 7.97. The number of hydrogen-bond donors (Lipinski definition) is 0. The maximum atomic E-state index is 5.90. The third-order valence-corrected chi connectivity index (χ3v) is 4.20. The Kier molecular flexibility index (Phi) is 4.68. The van der Waals surface area contributed by atoms with E-state index in [1.807, 2.05) is 32.0 Å². The van der Waals surface area contributed by atoms with Gasteiger partial charge in [-0.3, -0.25) is 4.90 Å². The monoisotopic (exact) mass is 301 g/mol. The molecule has 0 saturated carbocycles. The molecule has 2 aromatic heterocycles. The van der Waals surface area contributed by atoms with Crippen LogP contribution in [0.3, 0.4) is 0 Å². The summed E-state index contributed by atoms with van der Waals surface area (Å²) in [6.45, 7) is 5.11. The number of imidazole rings is 1. The highest BCUT2D eigenvalue weighted by Gasteiger charge is 2.21. The van der Waals surface area contributed by atoms with Gasteiger partial charge in [-0.1, -0.05) is 6.92 Å². The molecular weight excluding hydrogens is 278 g/mol. The van der Waals surface area contributed by atoms with E-state index in [0.717, 1.165) is 44.5 Å². The maximum Gasteiger partial charge on any atom is 0.316 e. The van der Waals surface area contributed by atoms with Crippen molar-refractivity contribution in [3.8, 4) is 6.01 Å². The largest absolute Gasteiger partial charge is 0.460 e. The van der Waals surface area contributed by atoms with E-state index in [1.54, 1.807) is 0 Å². The highest BCUT2D eigenvalue weighted by molar-refractivity contribution is 5.07. The third kappa shape index (κ3) is 3.62. The Morgan fingerprint density at radius 3 is 2.50 bits per heavy atom. The van der Waals surface area contributed by atoms with Crippen molar-refractivity contribution < 1.29 is 4.74 Å². The summed E-state index contributed by atoms with van der Waals surface area (Å²) in [5, 5.41) is 0. The minimum Gasteiger partial charge on any atom is -0.460 e. The first-order valence-corrected chi connectivity index (χ1v) is 7.89. The number of piperidine rings is 1. The Bertz CT molecular complexity index is 587. The van der Waals surface area contributed by atoms with Gasteiger partial charge in [-0.2, -0.15) is 0 Å². The second-order valence-electron chi connectivity index (χ2n) is 5.82. The number of nitrogens with zero attached hydrogens (tertiary/aromatic N) is 5. The first-order chi connectivity index (χ1) is 10.7. The molecule has 0 unspecified atom stereocenters. The second kappa shape index (κ2) is 6.87. The van der Waals surface area contributed by atoms with Crippen molar-refractivity contribution in [2.75, 3.05) is 13.1 Å². The predicted molar refractivity (Wildman–Crippen MR) is 83.5 cm³/mol. The Balaban J connectivity index is 1.48. The molecule has 22 heavy (non-hydrogen) atoms. The van der Waals surface area contributed by atoms with Gasteiger partial charge < -0.3 is 9.30 Å². The fourth-order valence-corrected chi connectivity index (χ4v) is 2.69. The average Bonchev–Trinajstić information content (AvgIpc) is 2.95. The Morgan fingerprint density at radius 1 is 1.18 bits per heavy atom. The topological polar surface area (TPSA) is 56.1 Å². The SMILES string of the molecule is CCc1cnc(OC2CCN(Cc3cncn3C)CC2)nc1. The minimum atomic E-state index is 0.218. The second-order valence-corrected chi connectivity index (χ2v) is 5.82. The van der Waals surface area contributed by atoms with E-state index in [2.05, 4.69) is 31.3 Å². The summed E-state index contributed by atoms with van der Waals surface area (Å²) in [6.07, 6.45) is 10.7. The van der Waals surface area contributed by atoms with E-state index in [-0.39, 0.29) is 6.10 Å². The van der Waals surface area contributed by atoms with E-state index < -0.39 is 0 Å². The van der Waals surface area contributed by atoms with Crippen molar-refractivity contribution >= 4 is 0 Å². The molecule has 6 heteroatoms. The fraction of sp³-hybridized carbons (Fsp3) is 0.562. The van der Waals surface area contributed by atoms with Crippen molar-refractivity contribution in [3.63, 3.8) is 0 Å². The van der Waals surface area contributed by atoms with E-state index in [0.29, 0.717) is 6.01 Å². The Hall–Kier alpha value is -1.95. The highest BCUT2D eigenvalue weighted by Crippen LogP contribution is 2.17. The van der Waals surface area contributed by atoms with Crippen LogP contribution < -0.4 is 4.74 Å². The summed E-state index contributed by atoms with van der Waals surface area (Å²) in [6, 6.07) is 0.502. The number of ether oxygens (including phenoxy) is 1. The van der Waals surface area contributed by atoms with Crippen LogP contribution in [0.25, 0.3) is 0 Å². The number of likely N-dealkylation sites (tertiary alicyclic amines) is 1. The summed E-state index contributed by atoms with van der Waals surface area (Å²) in [5.74, 6) is 0. The van der Waals surface area contributed by atoms with Crippen LogP contribution in [0.15, 0.2) is 24.9 Å². The van der Waals surface area contributed by atoms with Gasteiger partial charge >= 0.3 is 6.01 Å². The van der Waals surface area contributed by atoms with Gasteiger partial charge in [-0.05, 0) is 24.8 Å². The molecule has 0 atom stereocenters. The molecule has 3 heterocycles. The molecule has 0 bridgehead atoms. The summed E-state index contributed by atoms with van der Waals surface area (Å²) >= 11 is 0. The highest BCUT2D eigenvalue weighted by atomic mass is 16.5. The molecular formula is C16H23N5O. The Labute approximate surface area is 131 Å². The zero-order valence-electron chi connectivity index (χ0n) is 13.3. The molecule has 0 radical (unpaired) electrons. The molecule has 118 valence electrons. The van der Waals surface area contributed by atoms with Crippen LogP contribution in [0.2, 0.25) is 0 Å². The Morgan fingerprint density at radius 2 is 1.91 bits per heavy atom. The smallest absolute Gasteiger partial charge is 0.316 e. The van der Waals surface area contributed by atoms with Crippen LogP contribution >= 0.6 is 0 Å². The van der Waals surface area contributed by atoms with Crippen molar-refractivity contribution in [1.82, 2.24) is 24.4 Å². The van der Waals surface area contributed by atoms with Crippen molar-refractivity contribution in [2.24, 2.45) is 7.05 Å². The van der Waals surface area contributed by atoms with Crippen LogP contribution in [0.5, 0.6) is 6.01 Å². The molecule has 0 aliphatic carbocycles. The lowest BCUT2D eigenvalue weighted by Gasteiger charge is -2.31. The molecule has 3 rings (SSSR count). The lowest BCUT2D eigenvalue weighted by Crippen LogP contribution is -2.38. The van der Waals surface area contributed by atoms with Gasteiger partial charge in [-0.15, -0.1) is 0 Å². The number of aromatic nitrogens is 4. The first kappa shape index (κ1) is 15.0. The average molecular weight is 301 g/mol. The molecule has 1 aliphatic rings. The van der Waals surface area contributed by atoms with Crippen molar-refractivity contribution in [3.05, 3.63) is 36.2 Å². The first-order valence-electron chi connectivity index (χ1n) is 7.89. The van der Waals surface area contributed by atoms with Gasteiger partial charge in [0.2, 0.25) is 0 Å². The number of hydrogen-bond acceptors (Lipinski definition) is 5. The molecule has 2 aromatic rings. The van der Waals surface area contributed by atoms with Crippen LogP contribution in [0.1, 0.15) is 31.0 Å². The van der Waals surface area contributed by atoms with E-state index in [4.69, 9.17) is 4.74 Å². The number of aryl methyl sites for hydroxylation is 2. The standard InChI is InChI=1S/C16H23N5O/c1-3-13-8-18-16(19-9-13)22-15-4-6-21(7-5-15)11-14-10-17-12-20(14)2/h8-10,12,15H,3-7,11H2,1-2H3. The summed E-state index contributed by atoms with van der Waals surface area (Å²) in [7, 11) is 2.04. The molecule has 0 amide bonds. The quantitative estimate of drug-likeness (QED) is 0.843.